The minimum Gasteiger partial charge on any atom is -0.426 e. The lowest BCUT2D eigenvalue weighted by Gasteiger charge is -2.38. The number of nitrogens with zero attached hydrogens (tertiary/aromatic N) is 3. The smallest absolute Gasteiger partial charge is 0.426 e. The van der Waals surface area contributed by atoms with E-state index in [0.717, 1.165) is 17.7 Å². The lowest BCUT2D eigenvalue weighted by atomic mass is 9.97. The molecule has 2 aliphatic heterocycles. The van der Waals surface area contributed by atoms with Crippen LogP contribution in [0.5, 0.6) is 0 Å². The number of halogens is 6. The van der Waals surface area contributed by atoms with Gasteiger partial charge in [-0.05, 0) is 18.9 Å². The molecule has 6 nitrogen and oxygen atoms in total. The topological polar surface area (TPSA) is 56.6 Å². The molecule has 2 aliphatic rings. The molecule has 1 aromatic rings. The number of hydrogen-bond acceptors (Lipinski definition) is 4. The van der Waals surface area contributed by atoms with Crippen molar-refractivity contribution in [2.24, 2.45) is 0 Å². The van der Waals surface area contributed by atoms with Crippen LogP contribution in [-0.2, 0) is 9.47 Å². The van der Waals surface area contributed by atoms with E-state index in [9.17, 15) is 31.1 Å². The summed E-state index contributed by atoms with van der Waals surface area (Å²) in [5.41, 5.74) is 0.633. The standard InChI is InChI=1S/C15H17F6N3O3/c16-14(17,18)12(15(19,20)21)27-13(25)23-7-9(8-23)11-1-4-24(22-11)10-2-5-26-6-3-10/h1,4,9-10,12H,2-3,5-8H2. The largest absolute Gasteiger partial charge is 0.434 e. The zero-order valence-corrected chi connectivity index (χ0v) is 14.0. The second-order valence-corrected chi connectivity index (χ2v) is 6.51. The molecule has 0 aromatic carbocycles. The van der Waals surface area contributed by atoms with Gasteiger partial charge < -0.3 is 14.4 Å². The Bertz CT molecular complexity index is 648. The molecule has 2 fully saturated rings. The Labute approximate surface area is 150 Å². The Morgan fingerprint density at radius 3 is 2.30 bits per heavy atom. The van der Waals surface area contributed by atoms with Crippen LogP contribution < -0.4 is 0 Å². The van der Waals surface area contributed by atoms with E-state index in [4.69, 9.17) is 4.74 Å². The summed E-state index contributed by atoms with van der Waals surface area (Å²) in [5, 5.41) is 4.41. The van der Waals surface area contributed by atoms with Crippen molar-refractivity contribution >= 4 is 6.09 Å². The molecule has 0 spiro atoms. The van der Waals surface area contributed by atoms with Crippen molar-refractivity contribution in [2.45, 2.75) is 43.3 Å². The summed E-state index contributed by atoms with van der Waals surface area (Å²) in [5.74, 6) is -0.256. The van der Waals surface area contributed by atoms with Crippen LogP contribution in [0.25, 0.3) is 0 Å². The van der Waals surface area contributed by atoms with E-state index in [2.05, 4.69) is 9.84 Å². The third-order valence-electron chi connectivity index (χ3n) is 4.57. The first-order valence-electron chi connectivity index (χ1n) is 8.27. The second kappa shape index (κ2) is 7.21. The third-order valence-corrected chi connectivity index (χ3v) is 4.57. The van der Waals surface area contributed by atoms with E-state index < -0.39 is 24.5 Å². The summed E-state index contributed by atoms with van der Waals surface area (Å²) in [6.07, 6.45) is -13.8. The van der Waals surface area contributed by atoms with Gasteiger partial charge in [0.25, 0.3) is 6.10 Å². The number of alkyl halides is 6. The highest BCUT2D eigenvalue weighted by molar-refractivity contribution is 5.69. The molecular weight excluding hydrogens is 384 g/mol. The predicted octanol–water partition coefficient (Wildman–Crippen LogP) is 3.26. The number of ether oxygens (including phenoxy) is 2. The van der Waals surface area contributed by atoms with Gasteiger partial charge in [-0.25, -0.2) is 4.79 Å². The molecular formula is C15H17F6N3O3. The minimum absolute atomic E-state index is 0.0495. The Morgan fingerprint density at radius 1 is 1.15 bits per heavy atom. The molecule has 3 rings (SSSR count). The summed E-state index contributed by atoms with van der Waals surface area (Å²) < 4.78 is 85.4. The van der Waals surface area contributed by atoms with Gasteiger partial charge in [-0.2, -0.15) is 31.4 Å². The van der Waals surface area contributed by atoms with E-state index in [1.54, 1.807) is 16.9 Å². The van der Waals surface area contributed by atoms with Crippen molar-refractivity contribution in [1.82, 2.24) is 14.7 Å². The van der Waals surface area contributed by atoms with Crippen LogP contribution >= 0.6 is 0 Å². The van der Waals surface area contributed by atoms with E-state index >= 15 is 0 Å². The van der Waals surface area contributed by atoms with Gasteiger partial charge in [0.1, 0.15) is 0 Å². The normalized spacial score (nSPS) is 20.0. The molecule has 0 N–H and O–H groups in total. The molecule has 27 heavy (non-hydrogen) atoms. The fourth-order valence-electron chi connectivity index (χ4n) is 3.03. The highest BCUT2D eigenvalue weighted by Gasteiger charge is 2.60. The van der Waals surface area contributed by atoms with Gasteiger partial charge in [-0.15, -0.1) is 0 Å². The highest BCUT2D eigenvalue weighted by atomic mass is 19.4. The molecule has 2 saturated heterocycles. The Hall–Kier alpha value is -1.98. The minimum atomic E-state index is -5.72. The average molecular weight is 401 g/mol. The summed E-state index contributed by atoms with van der Waals surface area (Å²) in [7, 11) is 0. The second-order valence-electron chi connectivity index (χ2n) is 6.51. The maximum absolute atomic E-state index is 12.4. The monoisotopic (exact) mass is 401 g/mol. The zero-order valence-electron chi connectivity index (χ0n) is 14.0. The Balaban J connectivity index is 1.54. The number of likely N-dealkylation sites (tertiary alicyclic amines) is 1. The molecule has 0 aliphatic carbocycles. The van der Waals surface area contributed by atoms with E-state index in [0.29, 0.717) is 18.9 Å². The average Bonchev–Trinajstić information content (AvgIpc) is 2.99. The van der Waals surface area contributed by atoms with Crippen molar-refractivity contribution in [3.8, 4) is 0 Å². The van der Waals surface area contributed by atoms with Crippen molar-refractivity contribution in [3.63, 3.8) is 0 Å². The Morgan fingerprint density at radius 2 is 1.74 bits per heavy atom. The number of rotatable bonds is 3. The van der Waals surface area contributed by atoms with Crippen LogP contribution in [0.3, 0.4) is 0 Å². The summed E-state index contributed by atoms with van der Waals surface area (Å²) in [4.78, 5) is 12.4. The van der Waals surface area contributed by atoms with E-state index in [1.165, 1.54) is 0 Å². The number of aromatic nitrogens is 2. The first-order valence-corrected chi connectivity index (χ1v) is 8.27. The number of carbonyl (C=O) groups is 1. The van der Waals surface area contributed by atoms with Crippen molar-refractivity contribution in [2.75, 3.05) is 26.3 Å². The molecule has 1 aromatic heterocycles. The van der Waals surface area contributed by atoms with Gasteiger partial charge >= 0.3 is 18.4 Å². The summed E-state index contributed by atoms with van der Waals surface area (Å²) >= 11 is 0. The maximum Gasteiger partial charge on any atom is 0.434 e. The number of amides is 1. The summed E-state index contributed by atoms with van der Waals surface area (Å²) in [6, 6.07) is 1.92. The molecule has 12 heteroatoms. The van der Waals surface area contributed by atoms with Crippen molar-refractivity contribution < 1.29 is 40.6 Å². The van der Waals surface area contributed by atoms with Crippen molar-refractivity contribution in [1.29, 1.82) is 0 Å². The first-order chi connectivity index (χ1) is 12.6. The first kappa shape index (κ1) is 19.8. The van der Waals surface area contributed by atoms with E-state index in [1.807, 2.05) is 0 Å². The van der Waals surface area contributed by atoms with Crippen LogP contribution in [0.1, 0.15) is 30.5 Å². The Kier molecular flexibility index (Phi) is 5.28. The van der Waals surface area contributed by atoms with Gasteiger partial charge in [0.2, 0.25) is 0 Å². The van der Waals surface area contributed by atoms with Crippen LogP contribution in [-0.4, -0.2) is 65.5 Å². The van der Waals surface area contributed by atoms with Crippen LogP contribution in [0.2, 0.25) is 0 Å². The molecule has 152 valence electrons. The van der Waals surface area contributed by atoms with Crippen LogP contribution in [0, 0.1) is 0 Å². The highest BCUT2D eigenvalue weighted by Crippen LogP contribution is 2.37. The van der Waals surface area contributed by atoms with Crippen LogP contribution in [0.15, 0.2) is 12.3 Å². The lowest BCUT2D eigenvalue weighted by molar-refractivity contribution is -0.308. The SMILES string of the molecule is O=C(OC(C(F)(F)F)C(F)(F)F)N1CC(c2ccn(C3CCOCC3)n2)C1. The van der Waals surface area contributed by atoms with Crippen molar-refractivity contribution in [3.05, 3.63) is 18.0 Å². The lowest BCUT2D eigenvalue weighted by Crippen LogP contribution is -2.53. The van der Waals surface area contributed by atoms with Gasteiger partial charge in [0, 0.05) is 38.4 Å². The van der Waals surface area contributed by atoms with Gasteiger partial charge in [0.05, 0.1) is 11.7 Å². The maximum atomic E-state index is 12.4. The number of carbonyl (C=O) groups excluding carboxylic acids is 1. The van der Waals surface area contributed by atoms with Crippen LogP contribution in [0.4, 0.5) is 31.1 Å². The van der Waals surface area contributed by atoms with Gasteiger partial charge in [-0.3, -0.25) is 4.68 Å². The third kappa shape index (κ3) is 4.47. The summed E-state index contributed by atoms with van der Waals surface area (Å²) in [6.45, 7) is 1.16. The molecule has 0 radical (unpaired) electrons. The zero-order chi connectivity index (χ0) is 19.8. The fourth-order valence-corrected chi connectivity index (χ4v) is 3.03. The molecule has 1 amide bonds. The van der Waals surface area contributed by atoms with E-state index in [-0.39, 0.29) is 25.0 Å². The van der Waals surface area contributed by atoms with Gasteiger partial charge in [0.15, 0.2) is 0 Å². The molecule has 3 heterocycles. The fraction of sp³-hybridized carbons (Fsp3) is 0.733. The number of hydrogen-bond donors (Lipinski definition) is 0. The molecule has 0 bridgehead atoms. The molecule has 0 atom stereocenters. The quantitative estimate of drug-likeness (QED) is 0.730. The van der Waals surface area contributed by atoms with Gasteiger partial charge in [-0.1, -0.05) is 0 Å². The predicted molar refractivity (Wildman–Crippen MR) is 78.0 cm³/mol. The molecule has 0 unspecified atom stereocenters. The molecule has 0 saturated carbocycles.